The molecule has 0 spiro atoms. The highest BCUT2D eigenvalue weighted by Crippen LogP contribution is 2.25. The van der Waals surface area contributed by atoms with Gasteiger partial charge >= 0.3 is 6.03 Å². The molecule has 10 heteroatoms. The van der Waals surface area contributed by atoms with E-state index in [1.165, 1.54) is 0 Å². The molecule has 1 aliphatic rings. The molecule has 4 rings (SSSR count). The van der Waals surface area contributed by atoms with Crippen molar-refractivity contribution in [3.8, 4) is 11.5 Å². The van der Waals surface area contributed by atoms with Crippen molar-refractivity contribution in [1.29, 1.82) is 0 Å². The average Bonchev–Trinajstić information content (AvgIpc) is 3.33. The van der Waals surface area contributed by atoms with Gasteiger partial charge in [0.1, 0.15) is 5.69 Å². The fourth-order valence-corrected chi connectivity index (χ4v) is 3.75. The molecule has 1 unspecified atom stereocenters. The number of urea groups is 1. The molecule has 1 fully saturated rings. The molecule has 1 atom stereocenters. The standard InChI is InChI=1S/C23H27N7O3/c31-20-9-14-30(23(32)27-15-17-5-2-1-3-6-17)13-4-7-18(8-10-26-20)22-28-21(29-33-22)19-16-24-11-12-25-19/h1-3,5-6,11-12,16,18H,4,7-10,13-15H2,(H,26,31)(H,27,32). The summed E-state index contributed by atoms with van der Waals surface area (Å²) in [5.74, 6) is 0.778. The summed E-state index contributed by atoms with van der Waals surface area (Å²) in [6.07, 6.45) is 7.18. The zero-order chi connectivity index (χ0) is 22.9. The number of hydrogen-bond donors (Lipinski definition) is 2. The third kappa shape index (κ3) is 6.34. The van der Waals surface area contributed by atoms with Gasteiger partial charge in [-0.05, 0) is 24.8 Å². The average molecular weight is 450 g/mol. The topological polar surface area (TPSA) is 126 Å². The summed E-state index contributed by atoms with van der Waals surface area (Å²) < 4.78 is 5.51. The van der Waals surface area contributed by atoms with Crippen molar-refractivity contribution in [2.24, 2.45) is 0 Å². The maximum atomic E-state index is 12.8. The largest absolute Gasteiger partial charge is 0.356 e. The predicted octanol–water partition coefficient (Wildman–Crippen LogP) is 2.51. The SMILES string of the molecule is O=C1CCN(C(=O)NCc2ccccc2)CCCC(c2nc(-c3cnccn3)no2)CCN1. The Hall–Kier alpha value is -3.82. The molecule has 0 radical (unpaired) electrons. The van der Waals surface area contributed by atoms with Crippen LogP contribution in [0.4, 0.5) is 4.79 Å². The maximum absolute atomic E-state index is 12.8. The lowest BCUT2D eigenvalue weighted by molar-refractivity contribution is -0.121. The van der Waals surface area contributed by atoms with Gasteiger partial charge in [-0.3, -0.25) is 9.78 Å². The third-order valence-electron chi connectivity index (χ3n) is 5.56. The number of rotatable bonds is 4. The molecule has 172 valence electrons. The number of aromatic nitrogens is 4. The second-order valence-corrected chi connectivity index (χ2v) is 7.91. The predicted molar refractivity (Wildman–Crippen MR) is 120 cm³/mol. The first-order valence-corrected chi connectivity index (χ1v) is 11.1. The summed E-state index contributed by atoms with van der Waals surface area (Å²) in [6.45, 7) is 1.86. The number of nitrogens with zero attached hydrogens (tertiary/aromatic N) is 5. The molecular weight excluding hydrogens is 422 g/mol. The molecule has 33 heavy (non-hydrogen) atoms. The van der Waals surface area contributed by atoms with E-state index in [2.05, 4.69) is 30.7 Å². The second-order valence-electron chi connectivity index (χ2n) is 7.91. The Balaban J connectivity index is 1.39. The van der Waals surface area contributed by atoms with E-state index in [-0.39, 0.29) is 24.3 Å². The van der Waals surface area contributed by atoms with E-state index in [1.54, 1.807) is 23.5 Å². The Labute approximate surface area is 191 Å². The van der Waals surface area contributed by atoms with E-state index >= 15 is 0 Å². The number of carbonyl (C=O) groups excluding carboxylic acids is 2. The van der Waals surface area contributed by atoms with Crippen LogP contribution in [0.15, 0.2) is 53.4 Å². The van der Waals surface area contributed by atoms with Crippen molar-refractivity contribution in [3.05, 3.63) is 60.4 Å². The minimum absolute atomic E-state index is 0.0319. The van der Waals surface area contributed by atoms with Crippen molar-refractivity contribution in [2.75, 3.05) is 19.6 Å². The van der Waals surface area contributed by atoms with Crippen molar-refractivity contribution in [1.82, 2.24) is 35.6 Å². The highest BCUT2D eigenvalue weighted by atomic mass is 16.5. The van der Waals surface area contributed by atoms with Crippen LogP contribution >= 0.6 is 0 Å². The molecule has 0 bridgehead atoms. The molecule has 0 saturated carbocycles. The van der Waals surface area contributed by atoms with Gasteiger partial charge in [0.15, 0.2) is 0 Å². The minimum atomic E-state index is -0.176. The molecule has 3 heterocycles. The van der Waals surface area contributed by atoms with Crippen LogP contribution in [-0.2, 0) is 11.3 Å². The smallest absolute Gasteiger partial charge is 0.317 e. The minimum Gasteiger partial charge on any atom is -0.356 e. The first-order valence-electron chi connectivity index (χ1n) is 11.1. The summed E-state index contributed by atoms with van der Waals surface area (Å²) in [5, 5.41) is 9.91. The van der Waals surface area contributed by atoms with Gasteiger partial charge in [-0.1, -0.05) is 35.5 Å². The van der Waals surface area contributed by atoms with Crippen LogP contribution in [0.3, 0.4) is 0 Å². The fourth-order valence-electron chi connectivity index (χ4n) is 3.75. The fraction of sp³-hybridized carbons (Fsp3) is 0.391. The second kappa shape index (κ2) is 11.2. The van der Waals surface area contributed by atoms with Crippen LogP contribution in [0.5, 0.6) is 0 Å². The van der Waals surface area contributed by atoms with Crippen molar-refractivity contribution in [2.45, 2.75) is 38.1 Å². The molecular formula is C23H27N7O3. The first kappa shape index (κ1) is 22.4. The number of amides is 3. The summed E-state index contributed by atoms with van der Waals surface area (Å²) >= 11 is 0. The van der Waals surface area contributed by atoms with Gasteiger partial charge < -0.3 is 20.1 Å². The van der Waals surface area contributed by atoms with E-state index in [4.69, 9.17) is 4.52 Å². The van der Waals surface area contributed by atoms with E-state index in [0.717, 1.165) is 18.4 Å². The van der Waals surface area contributed by atoms with Gasteiger partial charge in [-0.2, -0.15) is 4.98 Å². The number of carbonyl (C=O) groups is 2. The van der Waals surface area contributed by atoms with Crippen LogP contribution in [0, 0.1) is 0 Å². The van der Waals surface area contributed by atoms with Gasteiger partial charge in [0.2, 0.25) is 17.6 Å². The van der Waals surface area contributed by atoms with Crippen LogP contribution in [0.2, 0.25) is 0 Å². The number of hydrogen-bond acceptors (Lipinski definition) is 7. The quantitative estimate of drug-likeness (QED) is 0.627. The Morgan fingerprint density at radius 1 is 1.18 bits per heavy atom. The normalized spacial score (nSPS) is 17.6. The zero-order valence-corrected chi connectivity index (χ0v) is 18.3. The highest BCUT2D eigenvalue weighted by molar-refractivity contribution is 5.78. The number of benzene rings is 1. The lowest BCUT2D eigenvalue weighted by Gasteiger charge is -2.23. The monoisotopic (exact) mass is 449 g/mol. The molecule has 0 aliphatic carbocycles. The molecule has 1 saturated heterocycles. The summed E-state index contributed by atoms with van der Waals surface area (Å²) in [5.41, 5.74) is 1.57. The van der Waals surface area contributed by atoms with Crippen LogP contribution in [0.1, 0.15) is 43.1 Å². The van der Waals surface area contributed by atoms with Crippen LogP contribution in [0.25, 0.3) is 11.5 Å². The Kier molecular flexibility index (Phi) is 7.57. The van der Waals surface area contributed by atoms with Gasteiger partial charge in [0.25, 0.3) is 0 Å². The van der Waals surface area contributed by atoms with E-state index in [9.17, 15) is 9.59 Å². The lowest BCUT2D eigenvalue weighted by atomic mass is 9.99. The molecule has 1 aromatic carbocycles. The third-order valence-corrected chi connectivity index (χ3v) is 5.56. The van der Waals surface area contributed by atoms with Crippen LogP contribution < -0.4 is 10.6 Å². The maximum Gasteiger partial charge on any atom is 0.317 e. The molecule has 2 N–H and O–H groups in total. The van der Waals surface area contributed by atoms with Gasteiger partial charge in [0.05, 0.1) is 6.20 Å². The van der Waals surface area contributed by atoms with Gasteiger partial charge in [-0.15, -0.1) is 0 Å². The summed E-state index contributed by atoms with van der Waals surface area (Å²) in [7, 11) is 0. The van der Waals surface area contributed by atoms with Crippen molar-refractivity contribution < 1.29 is 14.1 Å². The van der Waals surface area contributed by atoms with E-state index in [1.807, 2.05) is 30.3 Å². The van der Waals surface area contributed by atoms with Crippen molar-refractivity contribution in [3.63, 3.8) is 0 Å². The molecule has 2 aromatic heterocycles. The van der Waals surface area contributed by atoms with Gasteiger partial charge in [0, 0.05) is 50.9 Å². The van der Waals surface area contributed by atoms with Crippen molar-refractivity contribution >= 4 is 11.9 Å². The van der Waals surface area contributed by atoms with E-state index in [0.29, 0.717) is 50.0 Å². The molecule has 1 aliphatic heterocycles. The van der Waals surface area contributed by atoms with Gasteiger partial charge in [-0.25, -0.2) is 9.78 Å². The Bertz CT molecular complexity index is 1040. The molecule has 10 nitrogen and oxygen atoms in total. The molecule has 3 aromatic rings. The molecule has 3 amide bonds. The lowest BCUT2D eigenvalue weighted by Crippen LogP contribution is -2.42. The first-order chi connectivity index (χ1) is 16.2. The van der Waals surface area contributed by atoms with E-state index < -0.39 is 0 Å². The Morgan fingerprint density at radius 2 is 2.06 bits per heavy atom. The Morgan fingerprint density at radius 3 is 2.88 bits per heavy atom. The van der Waals surface area contributed by atoms with Crippen LogP contribution in [-0.4, -0.2) is 56.6 Å². The summed E-state index contributed by atoms with van der Waals surface area (Å²) in [4.78, 5) is 39.5. The number of nitrogens with one attached hydrogen (secondary N) is 2. The highest BCUT2D eigenvalue weighted by Gasteiger charge is 2.23. The summed E-state index contributed by atoms with van der Waals surface area (Å²) in [6, 6.07) is 9.56. The zero-order valence-electron chi connectivity index (χ0n) is 18.3.